The zero-order valence-corrected chi connectivity index (χ0v) is 15.8. The quantitative estimate of drug-likeness (QED) is 0.884. The second-order valence-electron chi connectivity index (χ2n) is 6.84. The molecule has 7 heteroatoms. The monoisotopic (exact) mass is 363 g/mol. The van der Waals surface area contributed by atoms with Crippen LogP contribution in [0.3, 0.4) is 0 Å². The van der Waals surface area contributed by atoms with E-state index in [1.807, 2.05) is 12.1 Å². The molecule has 1 unspecified atom stereocenters. The van der Waals surface area contributed by atoms with Crippen molar-refractivity contribution < 1.29 is 12.9 Å². The summed E-state index contributed by atoms with van der Waals surface area (Å²) in [5, 5.41) is 3.71. The molecular weight excluding hydrogens is 338 g/mol. The molecule has 2 aromatic rings. The van der Waals surface area contributed by atoms with E-state index in [1.54, 1.807) is 13.8 Å². The summed E-state index contributed by atoms with van der Waals surface area (Å²) in [5.74, 6) is 1.02. The van der Waals surface area contributed by atoms with Crippen LogP contribution >= 0.6 is 0 Å². The average molecular weight is 363 g/mol. The van der Waals surface area contributed by atoms with Crippen LogP contribution in [0.1, 0.15) is 36.8 Å². The van der Waals surface area contributed by atoms with Gasteiger partial charge < -0.3 is 9.42 Å². The van der Waals surface area contributed by atoms with Gasteiger partial charge in [-0.05, 0) is 50.3 Å². The lowest BCUT2D eigenvalue weighted by Crippen LogP contribution is -2.34. The fourth-order valence-electron chi connectivity index (χ4n) is 3.36. The zero-order chi connectivity index (χ0) is 18.0. The van der Waals surface area contributed by atoms with Gasteiger partial charge in [-0.25, -0.2) is 13.1 Å². The lowest BCUT2D eigenvalue weighted by molar-refractivity contribution is 0.390. The van der Waals surface area contributed by atoms with Crippen molar-refractivity contribution in [1.82, 2.24) is 9.88 Å². The second-order valence-corrected chi connectivity index (χ2v) is 8.54. The van der Waals surface area contributed by atoms with Crippen LogP contribution < -0.4 is 9.62 Å². The van der Waals surface area contributed by atoms with Crippen molar-refractivity contribution in [3.8, 4) is 0 Å². The molecule has 0 radical (unpaired) electrons. The molecule has 0 bridgehead atoms. The summed E-state index contributed by atoms with van der Waals surface area (Å²) < 4.78 is 32.5. The first kappa shape index (κ1) is 17.9. The van der Waals surface area contributed by atoms with Crippen LogP contribution in [0.25, 0.3) is 0 Å². The molecule has 1 fully saturated rings. The summed E-state index contributed by atoms with van der Waals surface area (Å²) in [6.45, 7) is 7.91. The molecule has 1 aromatic heterocycles. The van der Waals surface area contributed by atoms with Crippen molar-refractivity contribution in [3.05, 3.63) is 41.3 Å². The van der Waals surface area contributed by atoms with Crippen molar-refractivity contribution in [2.45, 2.75) is 45.1 Å². The lowest BCUT2D eigenvalue weighted by atomic mass is 9.99. The van der Waals surface area contributed by atoms with Gasteiger partial charge in [-0.2, -0.15) is 0 Å². The van der Waals surface area contributed by atoms with Crippen molar-refractivity contribution in [2.75, 3.05) is 18.0 Å². The first-order chi connectivity index (χ1) is 11.9. The lowest BCUT2D eigenvalue weighted by Gasteiger charge is -2.32. The Morgan fingerprint density at radius 2 is 2.00 bits per heavy atom. The van der Waals surface area contributed by atoms with Gasteiger partial charge >= 0.3 is 0 Å². The van der Waals surface area contributed by atoms with Crippen LogP contribution in [0.15, 0.2) is 33.7 Å². The van der Waals surface area contributed by atoms with Crippen LogP contribution in [-0.2, 0) is 16.6 Å². The van der Waals surface area contributed by atoms with E-state index in [9.17, 15) is 8.42 Å². The summed E-state index contributed by atoms with van der Waals surface area (Å²) >= 11 is 0. The number of aromatic nitrogens is 1. The molecule has 1 aromatic carbocycles. The minimum absolute atomic E-state index is 0.131. The van der Waals surface area contributed by atoms with Crippen LogP contribution in [0.4, 0.5) is 5.69 Å². The Kier molecular flexibility index (Phi) is 5.15. The van der Waals surface area contributed by atoms with Gasteiger partial charge in [-0.15, -0.1) is 0 Å². The number of hydrogen-bond donors (Lipinski definition) is 1. The Bertz CT molecular complexity index is 808. The molecule has 0 saturated carbocycles. The number of aryl methyl sites for hydroxylation is 2. The molecule has 0 aliphatic carbocycles. The number of hydrogen-bond acceptors (Lipinski definition) is 5. The highest BCUT2D eigenvalue weighted by molar-refractivity contribution is 7.89. The van der Waals surface area contributed by atoms with E-state index in [0.29, 0.717) is 11.5 Å². The van der Waals surface area contributed by atoms with Gasteiger partial charge in [0.25, 0.3) is 0 Å². The van der Waals surface area contributed by atoms with Gasteiger partial charge in [0.1, 0.15) is 10.6 Å². The minimum atomic E-state index is -3.63. The summed E-state index contributed by atoms with van der Waals surface area (Å²) in [5.41, 5.74) is 2.49. The smallest absolute Gasteiger partial charge is 0.246 e. The first-order valence-corrected chi connectivity index (χ1v) is 10.1. The van der Waals surface area contributed by atoms with Crippen molar-refractivity contribution >= 4 is 15.7 Å². The summed E-state index contributed by atoms with van der Waals surface area (Å²) in [6.07, 6.45) is 2.51. The average Bonchev–Trinajstić information content (AvgIpc) is 2.93. The van der Waals surface area contributed by atoms with E-state index in [2.05, 4.69) is 33.8 Å². The third-order valence-corrected chi connectivity index (χ3v) is 6.31. The van der Waals surface area contributed by atoms with Gasteiger partial charge in [0.15, 0.2) is 5.76 Å². The van der Waals surface area contributed by atoms with E-state index in [1.165, 1.54) is 18.5 Å². The van der Waals surface area contributed by atoms with E-state index in [-0.39, 0.29) is 11.4 Å². The predicted octanol–water partition coefficient (Wildman–Crippen LogP) is 3.01. The van der Waals surface area contributed by atoms with Crippen molar-refractivity contribution in [2.24, 2.45) is 5.92 Å². The molecule has 2 heterocycles. The molecule has 0 spiro atoms. The van der Waals surface area contributed by atoms with Crippen LogP contribution in [0.2, 0.25) is 0 Å². The Balaban J connectivity index is 1.66. The number of anilines is 1. The molecule has 1 N–H and O–H groups in total. The van der Waals surface area contributed by atoms with Gasteiger partial charge in [-0.1, -0.05) is 24.2 Å². The molecule has 1 aliphatic rings. The fraction of sp³-hybridized carbons (Fsp3) is 0.500. The maximum atomic E-state index is 12.4. The van der Waals surface area contributed by atoms with Crippen LogP contribution in [0, 0.1) is 19.8 Å². The SMILES string of the molecule is Cc1noc(C)c1S(=O)(=O)NCc1ccc(N2CCCC(C)C2)cc1. The number of rotatable bonds is 5. The fourth-order valence-corrected chi connectivity index (χ4v) is 4.70. The van der Waals surface area contributed by atoms with Gasteiger partial charge in [0, 0.05) is 25.3 Å². The number of nitrogens with one attached hydrogen (secondary N) is 1. The molecule has 136 valence electrons. The maximum absolute atomic E-state index is 12.4. The zero-order valence-electron chi connectivity index (χ0n) is 14.9. The second kappa shape index (κ2) is 7.17. The highest BCUT2D eigenvalue weighted by Gasteiger charge is 2.23. The summed E-state index contributed by atoms with van der Waals surface area (Å²) in [4.78, 5) is 2.53. The van der Waals surface area contributed by atoms with Gasteiger partial charge in [0.2, 0.25) is 10.0 Å². The Morgan fingerprint density at radius 3 is 2.60 bits per heavy atom. The van der Waals surface area contributed by atoms with E-state index in [0.717, 1.165) is 24.6 Å². The van der Waals surface area contributed by atoms with Crippen LogP contribution in [-0.4, -0.2) is 26.7 Å². The third kappa shape index (κ3) is 4.04. The van der Waals surface area contributed by atoms with Gasteiger partial charge in [-0.3, -0.25) is 0 Å². The Morgan fingerprint density at radius 1 is 1.28 bits per heavy atom. The summed E-state index contributed by atoms with van der Waals surface area (Å²) in [7, 11) is -3.63. The normalized spacial score (nSPS) is 18.5. The van der Waals surface area contributed by atoms with Gasteiger partial charge in [0.05, 0.1) is 0 Å². The third-order valence-electron chi connectivity index (χ3n) is 4.66. The number of sulfonamides is 1. The highest BCUT2D eigenvalue weighted by atomic mass is 32.2. The topological polar surface area (TPSA) is 75.4 Å². The molecule has 1 atom stereocenters. The van der Waals surface area contributed by atoms with E-state index < -0.39 is 10.0 Å². The number of nitrogens with zero attached hydrogens (tertiary/aromatic N) is 2. The highest BCUT2D eigenvalue weighted by Crippen LogP contribution is 2.23. The largest absolute Gasteiger partial charge is 0.371 e. The summed E-state index contributed by atoms with van der Waals surface area (Å²) in [6, 6.07) is 8.09. The molecule has 25 heavy (non-hydrogen) atoms. The predicted molar refractivity (Wildman–Crippen MR) is 97.1 cm³/mol. The van der Waals surface area contributed by atoms with Crippen molar-refractivity contribution in [1.29, 1.82) is 0 Å². The molecule has 3 rings (SSSR count). The molecule has 0 amide bonds. The molecule has 1 saturated heterocycles. The Hall–Kier alpha value is -1.86. The minimum Gasteiger partial charge on any atom is -0.371 e. The Labute approximate surface area is 149 Å². The van der Waals surface area contributed by atoms with Crippen LogP contribution in [0.5, 0.6) is 0 Å². The number of piperidine rings is 1. The molecule has 1 aliphatic heterocycles. The number of benzene rings is 1. The van der Waals surface area contributed by atoms with E-state index in [4.69, 9.17) is 4.52 Å². The standard InChI is InChI=1S/C18H25N3O3S/c1-13-5-4-10-21(12-13)17-8-6-16(7-9-17)11-19-25(22,23)18-14(2)20-24-15(18)3/h6-9,13,19H,4-5,10-12H2,1-3H3. The maximum Gasteiger partial charge on any atom is 0.246 e. The van der Waals surface area contributed by atoms with E-state index >= 15 is 0 Å². The molecule has 6 nitrogen and oxygen atoms in total. The first-order valence-electron chi connectivity index (χ1n) is 8.63. The molecular formula is C18H25N3O3S. The van der Waals surface area contributed by atoms with Crippen molar-refractivity contribution in [3.63, 3.8) is 0 Å².